The molecule has 0 atom stereocenters. The van der Waals surface area contributed by atoms with Crippen LogP contribution >= 0.6 is 0 Å². The number of nitrogens with zero attached hydrogens (tertiary/aromatic N) is 3. The van der Waals surface area contributed by atoms with Crippen LogP contribution in [0.2, 0.25) is 0 Å². The van der Waals surface area contributed by atoms with Gasteiger partial charge in [0.1, 0.15) is 5.52 Å². The van der Waals surface area contributed by atoms with Gasteiger partial charge in [-0.1, -0.05) is 0 Å². The minimum atomic E-state index is -0.796. The van der Waals surface area contributed by atoms with Gasteiger partial charge in [0.05, 0.1) is 11.3 Å². The van der Waals surface area contributed by atoms with E-state index < -0.39 is 10.9 Å². The van der Waals surface area contributed by atoms with Gasteiger partial charge < -0.3 is 10.0 Å². The Morgan fingerprint density at radius 1 is 1.43 bits per heavy atom. The topological polar surface area (TPSA) is 96.6 Å². The second-order valence-corrected chi connectivity index (χ2v) is 5.13. The summed E-state index contributed by atoms with van der Waals surface area (Å²) in [7, 11) is 0. The molecule has 2 heterocycles. The molecule has 1 aliphatic rings. The molecule has 0 saturated carbocycles. The van der Waals surface area contributed by atoms with Gasteiger partial charge in [-0.2, -0.15) is 0 Å². The molecule has 0 unspecified atom stereocenters. The molecule has 1 saturated heterocycles. The van der Waals surface area contributed by atoms with E-state index in [1.54, 1.807) is 18.2 Å². The minimum Gasteiger partial charge on any atom is -0.481 e. The molecule has 0 spiro atoms. The molecule has 0 radical (unpaired) electrons. The largest absolute Gasteiger partial charge is 0.481 e. The maximum absolute atomic E-state index is 11.0. The second-order valence-electron chi connectivity index (χ2n) is 5.13. The molecule has 108 valence electrons. The zero-order chi connectivity index (χ0) is 15.0. The van der Waals surface area contributed by atoms with Gasteiger partial charge in [-0.05, 0) is 18.2 Å². The molecule has 7 heteroatoms. The van der Waals surface area contributed by atoms with E-state index in [2.05, 4.69) is 4.98 Å². The Morgan fingerprint density at radius 3 is 2.86 bits per heavy atom. The third-order valence-electron chi connectivity index (χ3n) is 3.68. The van der Waals surface area contributed by atoms with Gasteiger partial charge in [0.15, 0.2) is 0 Å². The summed E-state index contributed by atoms with van der Waals surface area (Å²) in [4.78, 5) is 27.4. The van der Waals surface area contributed by atoms with Crippen LogP contribution < -0.4 is 4.90 Å². The zero-order valence-electron chi connectivity index (χ0n) is 11.1. The number of anilines is 1. The number of aliphatic carboxylic acids is 1. The summed E-state index contributed by atoms with van der Waals surface area (Å²) in [5, 5.41) is 20.5. The molecule has 3 rings (SSSR count). The minimum absolute atomic E-state index is 0.0167. The van der Waals surface area contributed by atoms with E-state index in [9.17, 15) is 14.9 Å². The lowest BCUT2D eigenvalue weighted by Crippen LogP contribution is -2.47. The van der Waals surface area contributed by atoms with Gasteiger partial charge in [0.2, 0.25) is 0 Å². The van der Waals surface area contributed by atoms with E-state index in [4.69, 9.17) is 5.11 Å². The van der Waals surface area contributed by atoms with Gasteiger partial charge in [-0.15, -0.1) is 0 Å². The Morgan fingerprint density at radius 2 is 2.19 bits per heavy atom. The lowest BCUT2D eigenvalue weighted by molar-refractivity contribution is -0.383. The van der Waals surface area contributed by atoms with Crippen LogP contribution in [-0.2, 0) is 4.79 Å². The summed E-state index contributed by atoms with van der Waals surface area (Å²) in [6.07, 6.45) is 1.68. The first kappa shape index (κ1) is 13.3. The fourth-order valence-electron chi connectivity index (χ4n) is 2.71. The molecule has 21 heavy (non-hydrogen) atoms. The lowest BCUT2D eigenvalue weighted by Gasteiger charge is -2.40. The second kappa shape index (κ2) is 5.01. The molecule has 1 aromatic carbocycles. The SMILES string of the molecule is O=C(O)CC1CN(c2ccc([N+](=O)[O-])c3ncccc23)C1. The highest BCUT2D eigenvalue weighted by Crippen LogP contribution is 2.35. The number of nitro groups is 1. The molecule has 1 aromatic heterocycles. The van der Waals surface area contributed by atoms with Crippen LogP contribution in [0.15, 0.2) is 30.5 Å². The Bertz CT molecular complexity index is 725. The van der Waals surface area contributed by atoms with Crippen LogP contribution in [0.25, 0.3) is 10.9 Å². The van der Waals surface area contributed by atoms with Crippen molar-refractivity contribution in [3.05, 3.63) is 40.6 Å². The van der Waals surface area contributed by atoms with Crippen molar-refractivity contribution in [3.8, 4) is 0 Å². The normalized spacial score (nSPS) is 15.0. The van der Waals surface area contributed by atoms with Gasteiger partial charge in [-0.25, -0.2) is 4.98 Å². The molecular formula is C14H13N3O4. The quantitative estimate of drug-likeness (QED) is 0.683. The standard InChI is InChI=1S/C14H13N3O4/c18-13(19)6-9-7-16(8-9)11-3-4-12(17(20)21)14-10(11)2-1-5-15-14/h1-5,9H,6-8H2,(H,18,19). The molecule has 1 N–H and O–H groups in total. The van der Waals surface area contributed by atoms with Crippen molar-refractivity contribution in [2.45, 2.75) is 6.42 Å². The van der Waals surface area contributed by atoms with Crippen molar-refractivity contribution in [3.63, 3.8) is 0 Å². The molecule has 0 amide bonds. The molecule has 1 fully saturated rings. The van der Waals surface area contributed by atoms with E-state index in [0.29, 0.717) is 18.6 Å². The summed E-state index contributed by atoms with van der Waals surface area (Å²) in [6.45, 7) is 1.29. The zero-order valence-corrected chi connectivity index (χ0v) is 11.1. The summed E-state index contributed by atoms with van der Waals surface area (Å²) >= 11 is 0. The van der Waals surface area contributed by atoms with E-state index in [0.717, 1.165) is 11.1 Å². The first-order valence-electron chi connectivity index (χ1n) is 6.55. The number of carbonyl (C=O) groups is 1. The maximum atomic E-state index is 11.0. The average molecular weight is 287 g/mol. The number of carboxylic acid groups (broad SMARTS) is 1. The van der Waals surface area contributed by atoms with Crippen molar-refractivity contribution in [1.29, 1.82) is 0 Å². The number of carboxylic acids is 1. The summed E-state index contributed by atoms with van der Waals surface area (Å²) in [5.41, 5.74) is 1.21. The first-order chi connectivity index (χ1) is 10.1. The Balaban J connectivity index is 1.93. The van der Waals surface area contributed by atoms with E-state index >= 15 is 0 Å². The molecular weight excluding hydrogens is 274 g/mol. The smallest absolute Gasteiger partial charge is 0.303 e. The molecule has 0 aliphatic carbocycles. The molecule has 2 aromatic rings. The van der Waals surface area contributed by atoms with E-state index in [1.165, 1.54) is 12.3 Å². The number of pyridine rings is 1. The Labute approximate surface area is 120 Å². The van der Waals surface area contributed by atoms with Crippen LogP contribution in [0.5, 0.6) is 0 Å². The highest BCUT2D eigenvalue weighted by atomic mass is 16.6. The summed E-state index contributed by atoms with van der Waals surface area (Å²) in [6, 6.07) is 6.70. The van der Waals surface area contributed by atoms with Gasteiger partial charge in [-0.3, -0.25) is 14.9 Å². The highest BCUT2D eigenvalue weighted by Gasteiger charge is 2.30. The van der Waals surface area contributed by atoms with Crippen molar-refractivity contribution < 1.29 is 14.8 Å². The highest BCUT2D eigenvalue weighted by molar-refractivity contribution is 5.97. The number of non-ortho nitro benzene ring substituents is 1. The molecule has 7 nitrogen and oxygen atoms in total. The van der Waals surface area contributed by atoms with Gasteiger partial charge in [0, 0.05) is 42.3 Å². The number of hydrogen-bond acceptors (Lipinski definition) is 5. The van der Waals surface area contributed by atoms with Crippen LogP contribution in [0.3, 0.4) is 0 Å². The number of hydrogen-bond donors (Lipinski definition) is 1. The van der Waals surface area contributed by atoms with Crippen molar-refractivity contribution in [2.75, 3.05) is 18.0 Å². The van der Waals surface area contributed by atoms with Gasteiger partial charge in [0.25, 0.3) is 5.69 Å². The number of benzene rings is 1. The average Bonchev–Trinajstić information content (AvgIpc) is 2.41. The number of rotatable bonds is 4. The van der Waals surface area contributed by atoms with Crippen LogP contribution in [-0.4, -0.2) is 34.1 Å². The van der Waals surface area contributed by atoms with Crippen molar-refractivity contribution >= 4 is 28.2 Å². The summed E-state index contributed by atoms with van der Waals surface area (Å²) in [5.74, 6) is -0.667. The van der Waals surface area contributed by atoms with Crippen LogP contribution in [0.1, 0.15) is 6.42 Å². The van der Waals surface area contributed by atoms with Crippen molar-refractivity contribution in [1.82, 2.24) is 4.98 Å². The molecule has 1 aliphatic heterocycles. The van der Waals surface area contributed by atoms with Crippen molar-refractivity contribution in [2.24, 2.45) is 5.92 Å². The Hall–Kier alpha value is -2.70. The maximum Gasteiger partial charge on any atom is 0.303 e. The van der Waals surface area contributed by atoms with Gasteiger partial charge >= 0.3 is 5.97 Å². The van der Waals surface area contributed by atoms with E-state index in [1.807, 2.05) is 4.90 Å². The van der Waals surface area contributed by atoms with Crippen LogP contribution in [0.4, 0.5) is 11.4 Å². The monoisotopic (exact) mass is 287 g/mol. The van der Waals surface area contributed by atoms with E-state index in [-0.39, 0.29) is 18.0 Å². The predicted molar refractivity (Wildman–Crippen MR) is 76.4 cm³/mol. The molecule has 0 bridgehead atoms. The Kier molecular flexibility index (Phi) is 3.17. The van der Waals surface area contributed by atoms with Crippen LogP contribution in [0, 0.1) is 16.0 Å². The summed E-state index contributed by atoms with van der Waals surface area (Å²) < 4.78 is 0. The fraction of sp³-hybridized carbons (Fsp3) is 0.286. The number of aromatic nitrogens is 1. The number of nitro benzene ring substituents is 1. The number of fused-ring (bicyclic) bond motifs is 1. The first-order valence-corrected chi connectivity index (χ1v) is 6.55. The third kappa shape index (κ3) is 2.37. The third-order valence-corrected chi connectivity index (χ3v) is 3.68. The lowest BCUT2D eigenvalue weighted by atomic mass is 9.95. The fourth-order valence-corrected chi connectivity index (χ4v) is 2.71. The predicted octanol–water partition coefficient (Wildman–Crippen LogP) is 2.05.